The summed E-state index contributed by atoms with van der Waals surface area (Å²) in [6, 6.07) is 17.5. The lowest BCUT2D eigenvalue weighted by Gasteiger charge is -2.21. The molecule has 2 amide bonds. The number of nitrogens with zero attached hydrogens (tertiary/aromatic N) is 3. The second-order valence-corrected chi connectivity index (χ2v) is 8.57. The first-order valence-electron chi connectivity index (χ1n) is 11.5. The van der Waals surface area contributed by atoms with E-state index in [-0.39, 0.29) is 5.91 Å². The Hall–Kier alpha value is -4.63. The number of aromatic nitrogens is 2. The molecule has 1 atom stereocenters. The first-order chi connectivity index (χ1) is 17.5. The van der Waals surface area contributed by atoms with Gasteiger partial charge in [0.15, 0.2) is 0 Å². The Balaban J connectivity index is 1.40. The summed E-state index contributed by atoms with van der Waals surface area (Å²) >= 11 is 0. The van der Waals surface area contributed by atoms with Crippen LogP contribution >= 0.6 is 0 Å². The number of hydrogen-bond acceptors (Lipinski definition) is 6. The molecule has 1 aliphatic heterocycles. The van der Waals surface area contributed by atoms with Gasteiger partial charge in [0.1, 0.15) is 6.04 Å². The van der Waals surface area contributed by atoms with Gasteiger partial charge in [0.2, 0.25) is 0 Å². The van der Waals surface area contributed by atoms with Crippen LogP contribution in [0.2, 0.25) is 0 Å². The van der Waals surface area contributed by atoms with Crippen LogP contribution < -0.4 is 11.3 Å². The SMILES string of the molecule is NNC(=O)c1cc(-c2ccc(-c3ccc(C(=O)N4CCCC4C(=O)O)cc3)cc2)nc2ccncc12. The van der Waals surface area contributed by atoms with E-state index in [2.05, 4.69) is 15.4 Å². The summed E-state index contributed by atoms with van der Waals surface area (Å²) in [7, 11) is 0. The number of benzene rings is 2. The van der Waals surface area contributed by atoms with Gasteiger partial charge in [-0.1, -0.05) is 36.4 Å². The van der Waals surface area contributed by atoms with Gasteiger partial charge >= 0.3 is 5.97 Å². The number of pyridine rings is 2. The van der Waals surface area contributed by atoms with Crippen molar-refractivity contribution in [2.45, 2.75) is 18.9 Å². The van der Waals surface area contributed by atoms with E-state index < -0.39 is 17.9 Å². The zero-order valence-electron chi connectivity index (χ0n) is 19.2. The minimum absolute atomic E-state index is 0.267. The van der Waals surface area contributed by atoms with Gasteiger partial charge in [-0.05, 0) is 48.2 Å². The van der Waals surface area contributed by atoms with Crippen molar-refractivity contribution in [3.63, 3.8) is 0 Å². The fraction of sp³-hybridized carbons (Fsp3) is 0.148. The Morgan fingerprint density at radius 1 is 0.972 bits per heavy atom. The smallest absolute Gasteiger partial charge is 0.326 e. The lowest BCUT2D eigenvalue weighted by molar-refractivity contribution is -0.141. The normalized spacial score (nSPS) is 15.1. The second-order valence-electron chi connectivity index (χ2n) is 8.57. The number of carbonyl (C=O) groups excluding carboxylic acids is 2. The third-order valence-electron chi connectivity index (χ3n) is 6.43. The minimum atomic E-state index is -0.967. The van der Waals surface area contributed by atoms with Crippen LogP contribution in [0.5, 0.6) is 0 Å². The molecule has 1 saturated heterocycles. The predicted molar refractivity (Wildman–Crippen MR) is 134 cm³/mol. The summed E-state index contributed by atoms with van der Waals surface area (Å²) in [5.41, 5.74) is 6.95. The fourth-order valence-corrected chi connectivity index (χ4v) is 4.55. The first-order valence-corrected chi connectivity index (χ1v) is 11.5. The molecule has 0 bridgehead atoms. The van der Waals surface area contributed by atoms with Crippen LogP contribution in [-0.2, 0) is 4.79 Å². The van der Waals surface area contributed by atoms with E-state index in [1.165, 1.54) is 4.90 Å². The summed E-state index contributed by atoms with van der Waals surface area (Å²) in [5, 5.41) is 9.97. The highest BCUT2D eigenvalue weighted by Gasteiger charge is 2.34. The number of nitrogen functional groups attached to an aromatic ring is 1. The number of hydrazine groups is 1. The molecular formula is C27H23N5O4. The monoisotopic (exact) mass is 481 g/mol. The van der Waals surface area contributed by atoms with Gasteiger partial charge in [0.05, 0.1) is 16.8 Å². The number of rotatable bonds is 5. The molecule has 1 aliphatic rings. The number of hydrogen-bond donors (Lipinski definition) is 3. The molecule has 9 nitrogen and oxygen atoms in total. The molecule has 3 heterocycles. The quantitative estimate of drug-likeness (QED) is 0.226. The molecule has 1 unspecified atom stereocenters. The molecule has 2 aromatic heterocycles. The number of fused-ring (bicyclic) bond motifs is 1. The molecular weight excluding hydrogens is 458 g/mol. The zero-order valence-corrected chi connectivity index (χ0v) is 19.2. The van der Waals surface area contributed by atoms with Crippen LogP contribution in [0.15, 0.2) is 73.1 Å². The molecule has 4 aromatic rings. The fourth-order valence-electron chi connectivity index (χ4n) is 4.55. The third kappa shape index (κ3) is 4.27. The Morgan fingerprint density at radius 3 is 2.31 bits per heavy atom. The van der Waals surface area contributed by atoms with Gasteiger partial charge in [-0.3, -0.25) is 20.0 Å². The third-order valence-corrected chi connectivity index (χ3v) is 6.43. The Bertz CT molecular complexity index is 1470. The van der Waals surface area contributed by atoms with Crippen molar-refractivity contribution in [2.75, 3.05) is 6.54 Å². The maximum Gasteiger partial charge on any atom is 0.326 e. The molecule has 2 aromatic carbocycles. The summed E-state index contributed by atoms with van der Waals surface area (Å²) < 4.78 is 0. The van der Waals surface area contributed by atoms with Crippen LogP contribution in [-0.4, -0.2) is 50.3 Å². The molecule has 180 valence electrons. The number of carbonyl (C=O) groups is 3. The number of aliphatic carboxylic acids is 1. The van der Waals surface area contributed by atoms with Gasteiger partial charge < -0.3 is 10.0 Å². The Kier molecular flexibility index (Phi) is 6.14. The van der Waals surface area contributed by atoms with Gasteiger partial charge in [-0.15, -0.1) is 0 Å². The molecule has 4 N–H and O–H groups in total. The van der Waals surface area contributed by atoms with Crippen LogP contribution in [0.4, 0.5) is 0 Å². The molecule has 0 aliphatic carbocycles. The van der Waals surface area contributed by atoms with E-state index in [1.807, 2.05) is 36.4 Å². The average Bonchev–Trinajstić information content (AvgIpc) is 3.42. The van der Waals surface area contributed by atoms with Crippen molar-refractivity contribution in [2.24, 2.45) is 5.84 Å². The largest absolute Gasteiger partial charge is 0.480 e. The van der Waals surface area contributed by atoms with Crippen molar-refractivity contribution < 1.29 is 19.5 Å². The molecule has 5 rings (SSSR count). The first kappa shape index (κ1) is 23.1. The highest BCUT2D eigenvalue weighted by Crippen LogP contribution is 2.28. The van der Waals surface area contributed by atoms with Crippen molar-refractivity contribution in [1.29, 1.82) is 0 Å². The summed E-state index contributed by atoms with van der Waals surface area (Å²) in [4.78, 5) is 46.7. The summed E-state index contributed by atoms with van der Waals surface area (Å²) in [6.45, 7) is 0.451. The number of amides is 2. The Morgan fingerprint density at radius 2 is 1.64 bits per heavy atom. The van der Waals surface area contributed by atoms with Gasteiger partial charge in [0, 0.05) is 35.5 Å². The van der Waals surface area contributed by atoms with E-state index in [0.29, 0.717) is 47.1 Å². The molecule has 36 heavy (non-hydrogen) atoms. The number of nitrogens with two attached hydrogens (primary N) is 1. The molecule has 0 saturated carbocycles. The number of likely N-dealkylation sites (tertiary alicyclic amines) is 1. The zero-order chi connectivity index (χ0) is 25.2. The maximum atomic E-state index is 12.8. The van der Waals surface area contributed by atoms with Crippen LogP contribution in [0.1, 0.15) is 33.6 Å². The number of carboxylic acid groups (broad SMARTS) is 1. The standard InChI is InChI=1S/C27H23N5O4/c28-31-25(33)20-14-23(30-22-11-12-29-15-21(20)22)18-7-3-16(4-8-18)17-5-9-19(10-6-17)26(34)32-13-1-2-24(32)27(35)36/h3-12,14-15,24H,1-2,13,28H2,(H,31,33)(H,35,36). The molecule has 0 spiro atoms. The van der Waals surface area contributed by atoms with E-state index in [4.69, 9.17) is 5.84 Å². The van der Waals surface area contributed by atoms with Crippen molar-refractivity contribution in [1.82, 2.24) is 20.3 Å². The van der Waals surface area contributed by atoms with Gasteiger partial charge in [0.25, 0.3) is 11.8 Å². The molecule has 9 heteroatoms. The highest BCUT2D eigenvalue weighted by atomic mass is 16.4. The molecule has 0 radical (unpaired) electrons. The van der Waals surface area contributed by atoms with E-state index >= 15 is 0 Å². The Labute approximate surface area is 206 Å². The van der Waals surface area contributed by atoms with Crippen molar-refractivity contribution in [3.8, 4) is 22.4 Å². The molecule has 1 fully saturated rings. The van der Waals surface area contributed by atoms with Crippen molar-refractivity contribution >= 4 is 28.7 Å². The van der Waals surface area contributed by atoms with Gasteiger partial charge in [-0.2, -0.15) is 0 Å². The minimum Gasteiger partial charge on any atom is -0.480 e. The number of nitrogens with one attached hydrogen (secondary N) is 1. The average molecular weight is 482 g/mol. The van der Waals surface area contributed by atoms with E-state index in [0.717, 1.165) is 16.7 Å². The second kappa shape index (κ2) is 9.55. The van der Waals surface area contributed by atoms with E-state index in [1.54, 1.807) is 36.7 Å². The van der Waals surface area contributed by atoms with Crippen LogP contribution in [0.25, 0.3) is 33.3 Å². The van der Waals surface area contributed by atoms with Crippen molar-refractivity contribution in [3.05, 3.63) is 84.2 Å². The van der Waals surface area contributed by atoms with Crippen LogP contribution in [0.3, 0.4) is 0 Å². The van der Waals surface area contributed by atoms with Gasteiger partial charge in [-0.25, -0.2) is 15.6 Å². The topological polar surface area (TPSA) is 139 Å². The summed E-state index contributed by atoms with van der Waals surface area (Å²) in [5.74, 6) is 3.70. The lowest BCUT2D eigenvalue weighted by atomic mass is 10.00. The highest BCUT2D eigenvalue weighted by molar-refractivity contribution is 6.06. The van der Waals surface area contributed by atoms with E-state index in [9.17, 15) is 19.5 Å². The maximum absolute atomic E-state index is 12.8. The lowest BCUT2D eigenvalue weighted by Crippen LogP contribution is -2.40. The number of carboxylic acids is 1. The van der Waals surface area contributed by atoms with Crippen LogP contribution in [0, 0.1) is 0 Å². The summed E-state index contributed by atoms with van der Waals surface area (Å²) in [6.07, 6.45) is 4.37. The predicted octanol–water partition coefficient (Wildman–Crippen LogP) is 3.26.